The fourth-order valence-corrected chi connectivity index (χ4v) is 2.55. The van der Waals surface area contributed by atoms with Crippen LogP contribution in [0.2, 0.25) is 0 Å². The average molecular weight is 355 g/mol. The topological polar surface area (TPSA) is 46.2 Å². The number of allylic oxidation sites excluding steroid dienone is 4. The largest absolute Gasteiger partial charge is 0.516 e. The van der Waals surface area contributed by atoms with Gasteiger partial charge in [-0.1, -0.05) is 91.5 Å². The molecule has 2 heteroatoms. The van der Waals surface area contributed by atoms with E-state index in [4.69, 9.17) is 10.8 Å². The molecule has 136 valence electrons. The van der Waals surface area contributed by atoms with Gasteiger partial charge in [0.1, 0.15) is 0 Å². The number of aliphatic hydroxyl groups excluding tert-OH is 1. The Hall–Kier alpha value is -3.52. The minimum Gasteiger partial charge on any atom is -0.516 e. The molecule has 3 rings (SSSR count). The van der Waals surface area contributed by atoms with Crippen LogP contribution in [0.25, 0.3) is 16.7 Å². The first-order chi connectivity index (χ1) is 13.1. The molecule has 0 saturated carbocycles. The first-order valence-electron chi connectivity index (χ1n) is 8.75. The third kappa shape index (κ3) is 6.37. The lowest BCUT2D eigenvalue weighted by molar-refractivity contribution is 0.473. The number of rotatable bonds is 4. The monoisotopic (exact) mass is 355 g/mol. The Labute approximate surface area is 161 Å². The van der Waals surface area contributed by atoms with E-state index in [2.05, 4.69) is 18.7 Å². The van der Waals surface area contributed by atoms with Crippen molar-refractivity contribution in [2.45, 2.75) is 6.92 Å². The molecule has 0 aliphatic heterocycles. The maximum absolute atomic E-state index is 8.57. The van der Waals surface area contributed by atoms with Crippen LogP contribution in [0.3, 0.4) is 0 Å². The van der Waals surface area contributed by atoms with Crippen LogP contribution in [0.1, 0.15) is 12.5 Å². The quantitative estimate of drug-likeness (QED) is 0.312. The fraction of sp³-hybridized carbons (Fsp3) is 0.0400. The van der Waals surface area contributed by atoms with E-state index < -0.39 is 0 Å². The van der Waals surface area contributed by atoms with Gasteiger partial charge < -0.3 is 10.8 Å². The number of anilines is 1. The van der Waals surface area contributed by atoms with E-state index in [1.54, 1.807) is 6.08 Å². The van der Waals surface area contributed by atoms with Gasteiger partial charge in [-0.3, -0.25) is 0 Å². The summed E-state index contributed by atoms with van der Waals surface area (Å²) in [5.74, 6) is 0. The lowest BCUT2D eigenvalue weighted by Gasteiger charge is -2.03. The molecule has 3 aromatic rings. The van der Waals surface area contributed by atoms with Crippen LogP contribution in [-0.4, -0.2) is 5.11 Å². The van der Waals surface area contributed by atoms with Crippen molar-refractivity contribution in [2.75, 3.05) is 5.73 Å². The zero-order valence-corrected chi connectivity index (χ0v) is 15.5. The van der Waals surface area contributed by atoms with E-state index in [1.165, 1.54) is 5.56 Å². The lowest BCUT2D eigenvalue weighted by atomic mass is 10.0. The molecule has 0 spiro atoms. The van der Waals surface area contributed by atoms with Crippen molar-refractivity contribution in [3.8, 4) is 11.1 Å². The van der Waals surface area contributed by atoms with Crippen LogP contribution in [0.15, 0.2) is 115 Å². The summed E-state index contributed by atoms with van der Waals surface area (Å²) in [4.78, 5) is 0. The third-order valence-electron chi connectivity index (χ3n) is 3.93. The van der Waals surface area contributed by atoms with Gasteiger partial charge in [0, 0.05) is 11.3 Å². The summed E-state index contributed by atoms with van der Waals surface area (Å²) in [5.41, 5.74) is 12.0. The van der Waals surface area contributed by atoms with Crippen LogP contribution >= 0.6 is 0 Å². The second-order valence-corrected chi connectivity index (χ2v) is 6.05. The zero-order valence-electron chi connectivity index (χ0n) is 15.5. The van der Waals surface area contributed by atoms with Crippen molar-refractivity contribution in [1.82, 2.24) is 0 Å². The Balaban J connectivity index is 0.000000194. The predicted molar refractivity (Wildman–Crippen MR) is 117 cm³/mol. The second-order valence-electron chi connectivity index (χ2n) is 6.05. The summed E-state index contributed by atoms with van der Waals surface area (Å²) in [6.45, 7) is 5.87. The minimum absolute atomic E-state index is 0.828. The number of hydrogen-bond donors (Lipinski definition) is 2. The SMILES string of the molecule is C=C(/C=C(C)\C=C/O)c1ccccc1.Nc1ccccc1-c1ccccc1. The molecule has 0 aliphatic rings. The maximum Gasteiger partial charge on any atom is 0.0794 e. The number of nitrogens with two attached hydrogens (primary N) is 1. The van der Waals surface area contributed by atoms with Gasteiger partial charge in [-0.2, -0.15) is 0 Å². The van der Waals surface area contributed by atoms with Crippen LogP contribution in [-0.2, 0) is 0 Å². The molecule has 0 unspecified atom stereocenters. The van der Waals surface area contributed by atoms with E-state index in [9.17, 15) is 0 Å². The minimum atomic E-state index is 0.828. The normalized spacial score (nSPS) is 10.9. The molecule has 0 radical (unpaired) electrons. The van der Waals surface area contributed by atoms with E-state index in [0.29, 0.717) is 0 Å². The van der Waals surface area contributed by atoms with Crippen LogP contribution in [0, 0.1) is 0 Å². The third-order valence-corrected chi connectivity index (χ3v) is 3.93. The molecule has 0 amide bonds. The van der Waals surface area contributed by atoms with Gasteiger partial charge in [-0.05, 0) is 41.3 Å². The fourth-order valence-electron chi connectivity index (χ4n) is 2.55. The van der Waals surface area contributed by atoms with Crippen molar-refractivity contribution < 1.29 is 5.11 Å². The van der Waals surface area contributed by atoms with Gasteiger partial charge in [0.05, 0.1) is 6.26 Å². The first kappa shape index (κ1) is 19.8. The highest BCUT2D eigenvalue weighted by Gasteiger charge is 1.98. The smallest absolute Gasteiger partial charge is 0.0794 e. The average Bonchev–Trinajstić information content (AvgIpc) is 2.70. The highest BCUT2D eigenvalue weighted by atomic mass is 16.2. The highest BCUT2D eigenvalue weighted by molar-refractivity contribution is 5.76. The molecule has 0 aliphatic carbocycles. The van der Waals surface area contributed by atoms with Gasteiger partial charge >= 0.3 is 0 Å². The Morgan fingerprint density at radius 3 is 2.00 bits per heavy atom. The summed E-state index contributed by atoms with van der Waals surface area (Å²) < 4.78 is 0. The Bertz CT molecular complexity index is 909. The summed E-state index contributed by atoms with van der Waals surface area (Å²) in [6.07, 6.45) is 4.60. The standard InChI is InChI=1S/C13H14O.C12H11N/c1-11(8-9-14)10-12(2)13-6-4-3-5-7-13;13-12-9-5-4-8-11(12)10-6-2-1-3-7-10/h3-10,14H,2H2,1H3;1-9H,13H2/b9-8-,11-10-;. The van der Waals surface area contributed by atoms with Crippen molar-refractivity contribution >= 4 is 11.3 Å². The van der Waals surface area contributed by atoms with Crippen LogP contribution in [0.5, 0.6) is 0 Å². The van der Waals surface area contributed by atoms with Crippen molar-refractivity contribution in [3.63, 3.8) is 0 Å². The lowest BCUT2D eigenvalue weighted by Crippen LogP contribution is -1.88. The van der Waals surface area contributed by atoms with Crippen molar-refractivity contribution in [3.05, 3.63) is 121 Å². The second kappa shape index (κ2) is 10.5. The molecule has 3 aromatic carbocycles. The molecule has 0 aromatic heterocycles. The number of para-hydroxylation sites is 1. The van der Waals surface area contributed by atoms with Crippen molar-refractivity contribution in [1.29, 1.82) is 0 Å². The predicted octanol–water partition coefficient (Wildman–Crippen LogP) is 6.65. The summed E-state index contributed by atoms with van der Waals surface area (Å²) >= 11 is 0. The highest BCUT2D eigenvalue weighted by Crippen LogP contribution is 2.24. The van der Waals surface area contributed by atoms with E-state index in [1.807, 2.05) is 85.8 Å². The maximum atomic E-state index is 8.57. The number of aliphatic hydroxyl groups is 1. The molecule has 0 atom stereocenters. The van der Waals surface area contributed by atoms with Gasteiger partial charge in [0.15, 0.2) is 0 Å². The Kier molecular flexibility index (Phi) is 7.68. The van der Waals surface area contributed by atoms with E-state index >= 15 is 0 Å². The van der Waals surface area contributed by atoms with Crippen molar-refractivity contribution in [2.24, 2.45) is 0 Å². The summed E-state index contributed by atoms with van der Waals surface area (Å²) in [5, 5.41) is 8.57. The van der Waals surface area contributed by atoms with Gasteiger partial charge in [-0.15, -0.1) is 0 Å². The molecule has 27 heavy (non-hydrogen) atoms. The Morgan fingerprint density at radius 1 is 0.852 bits per heavy atom. The van der Waals surface area contributed by atoms with Gasteiger partial charge in [-0.25, -0.2) is 0 Å². The summed E-state index contributed by atoms with van der Waals surface area (Å²) in [6, 6.07) is 28.0. The van der Waals surface area contributed by atoms with Gasteiger partial charge in [0.2, 0.25) is 0 Å². The molecular weight excluding hydrogens is 330 g/mol. The van der Waals surface area contributed by atoms with E-state index in [0.717, 1.165) is 34.2 Å². The molecule has 0 bridgehead atoms. The van der Waals surface area contributed by atoms with Crippen LogP contribution < -0.4 is 5.73 Å². The molecule has 2 nitrogen and oxygen atoms in total. The number of hydrogen-bond acceptors (Lipinski definition) is 2. The molecular formula is C25H25NO. The molecule has 0 fully saturated rings. The summed E-state index contributed by atoms with van der Waals surface area (Å²) in [7, 11) is 0. The number of nitrogen functional groups attached to an aromatic ring is 1. The Morgan fingerprint density at radius 2 is 1.41 bits per heavy atom. The van der Waals surface area contributed by atoms with Crippen LogP contribution in [0.4, 0.5) is 5.69 Å². The van der Waals surface area contributed by atoms with E-state index in [-0.39, 0.29) is 0 Å². The molecule has 0 saturated heterocycles. The zero-order chi connectivity index (χ0) is 19.5. The number of benzene rings is 3. The first-order valence-corrected chi connectivity index (χ1v) is 8.75. The molecule has 3 N–H and O–H groups in total. The molecule has 0 heterocycles. The van der Waals surface area contributed by atoms with Gasteiger partial charge in [0.25, 0.3) is 0 Å².